The zero-order chi connectivity index (χ0) is 13.2. The highest BCUT2D eigenvalue weighted by Crippen LogP contribution is 2.37. The molecule has 4 heteroatoms. The van der Waals surface area contributed by atoms with Crippen LogP contribution in [-0.4, -0.2) is 16.2 Å². The summed E-state index contributed by atoms with van der Waals surface area (Å²) in [4.78, 5) is 4.34. The maximum Gasteiger partial charge on any atom is 0.122 e. The average molecular weight is 257 g/mol. The number of ether oxygens (including phenoxy) is 1. The number of fused-ring (bicyclic) bond motifs is 1. The maximum atomic E-state index is 6.28. The van der Waals surface area contributed by atoms with Crippen molar-refractivity contribution in [2.75, 3.05) is 6.61 Å². The van der Waals surface area contributed by atoms with E-state index in [0.29, 0.717) is 5.92 Å². The highest BCUT2D eigenvalue weighted by Gasteiger charge is 2.24. The van der Waals surface area contributed by atoms with Crippen molar-refractivity contribution < 1.29 is 4.74 Å². The molecule has 2 unspecified atom stereocenters. The fourth-order valence-electron chi connectivity index (χ4n) is 2.71. The summed E-state index contributed by atoms with van der Waals surface area (Å²) >= 11 is 0. The Morgan fingerprint density at radius 2 is 2.32 bits per heavy atom. The fourth-order valence-corrected chi connectivity index (χ4v) is 2.71. The topological polar surface area (TPSA) is 53.1 Å². The Bertz CT molecular complexity index is 564. The summed E-state index contributed by atoms with van der Waals surface area (Å²) in [5.41, 5.74) is 8.52. The van der Waals surface area contributed by atoms with E-state index < -0.39 is 0 Å². The van der Waals surface area contributed by atoms with Crippen LogP contribution >= 0.6 is 0 Å². The first kappa shape index (κ1) is 12.2. The number of nitrogens with zero attached hydrogens (tertiary/aromatic N) is 2. The van der Waals surface area contributed by atoms with Crippen LogP contribution in [0.2, 0.25) is 0 Å². The Morgan fingerprint density at radius 3 is 3.11 bits per heavy atom. The molecule has 4 nitrogen and oxygen atoms in total. The molecular weight excluding hydrogens is 238 g/mol. The fraction of sp³-hybridized carbons (Fsp3) is 0.400. The van der Waals surface area contributed by atoms with Crippen molar-refractivity contribution in [1.82, 2.24) is 9.55 Å². The summed E-state index contributed by atoms with van der Waals surface area (Å²) < 4.78 is 7.62. The van der Waals surface area contributed by atoms with Gasteiger partial charge in [-0.05, 0) is 30.4 Å². The molecule has 100 valence electrons. The summed E-state index contributed by atoms with van der Waals surface area (Å²) in [6.45, 7) is 0.774. The van der Waals surface area contributed by atoms with E-state index in [1.165, 1.54) is 5.56 Å². The van der Waals surface area contributed by atoms with Crippen LogP contribution in [0.25, 0.3) is 0 Å². The van der Waals surface area contributed by atoms with E-state index in [9.17, 15) is 0 Å². The van der Waals surface area contributed by atoms with Gasteiger partial charge >= 0.3 is 0 Å². The summed E-state index contributed by atoms with van der Waals surface area (Å²) in [5.74, 6) is 1.47. The predicted octanol–water partition coefficient (Wildman–Crippen LogP) is 2.38. The van der Waals surface area contributed by atoms with Gasteiger partial charge in [0.15, 0.2) is 0 Å². The smallest absolute Gasteiger partial charge is 0.122 e. The second kappa shape index (κ2) is 5.05. The van der Waals surface area contributed by atoms with E-state index in [1.807, 2.05) is 29.9 Å². The molecule has 0 fully saturated rings. The van der Waals surface area contributed by atoms with Gasteiger partial charge in [-0.1, -0.05) is 18.2 Å². The molecule has 0 saturated carbocycles. The van der Waals surface area contributed by atoms with Gasteiger partial charge in [-0.3, -0.25) is 0 Å². The molecule has 1 aliphatic heterocycles. The minimum absolute atomic E-state index is 0.0163. The second-order valence-electron chi connectivity index (χ2n) is 5.18. The molecular formula is C15H19N3O. The van der Waals surface area contributed by atoms with Crippen molar-refractivity contribution in [2.45, 2.75) is 24.8 Å². The molecule has 0 bridgehead atoms. The standard InChI is InChI=1S/C15H19N3O/c1-18-9-14(17-10-18)13(16)8-11-6-7-19-15-5-3-2-4-12(11)15/h2-5,9-11,13H,6-8,16H2,1H3. The number of rotatable bonds is 3. The first-order valence-electron chi connectivity index (χ1n) is 6.69. The number of benzene rings is 1. The molecule has 0 spiro atoms. The normalized spacial score (nSPS) is 19.6. The number of nitrogens with two attached hydrogens (primary N) is 1. The molecule has 2 atom stereocenters. The van der Waals surface area contributed by atoms with Gasteiger partial charge in [0.2, 0.25) is 0 Å². The summed E-state index contributed by atoms with van der Waals surface area (Å²) in [5, 5.41) is 0. The Kier molecular flexibility index (Phi) is 3.25. The molecule has 3 rings (SSSR count). The van der Waals surface area contributed by atoms with Gasteiger partial charge in [0.1, 0.15) is 5.75 Å². The Hall–Kier alpha value is -1.81. The number of imidazole rings is 1. The van der Waals surface area contributed by atoms with Crippen LogP contribution < -0.4 is 10.5 Å². The van der Waals surface area contributed by atoms with Gasteiger partial charge in [0, 0.05) is 19.3 Å². The van der Waals surface area contributed by atoms with Crippen LogP contribution in [0.15, 0.2) is 36.8 Å². The number of aromatic nitrogens is 2. The summed E-state index contributed by atoms with van der Waals surface area (Å²) in [6, 6.07) is 8.24. The highest BCUT2D eigenvalue weighted by atomic mass is 16.5. The highest BCUT2D eigenvalue weighted by molar-refractivity contribution is 5.37. The first-order chi connectivity index (χ1) is 9.24. The molecule has 2 aromatic rings. The molecule has 19 heavy (non-hydrogen) atoms. The molecule has 0 aliphatic carbocycles. The van der Waals surface area contributed by atoms with E-state index in [2.05, 4.69) is 17.1 Å². The number of hydrogen-bond donors (Lipinski definition) is 1. The third-order valence-electron chi connectivity index (χ3n) is 3.73. The van der Waals surface area contributed by atoms with Crippen molar-refractivity contribution >= 4 is 0 Å². The van der Waals surface area contributed by atoms with Crippen molar-refractivity contribution in [3.63, 3.8) is 0 Å². The van der Waals surface area contributed by atoms with Gasteiger partial charge in [-0.25, -0.2) is 4.98 Å². The lowest BCUT2D eigenvalue weighted by atomic mass is 9.87. The van der Waals surface area contributed by atoms with Gasteiger partial charge in [-0.15, -0.1) is 0 Å². The Balaban J connectivity index is 1.77. The lowest BCUT2D eigenvalue weighted by molar-refractivity contribution is 0.259. The first-order valence-corrected chi connectivity index (χ1v) is 6.69. The van der Waals surface area contributed by atoms with E-state index in [1.54, 1.807) is 6.33 Å². The van der Waals surface area contributed by atoms with Gasteiger partial charge in [-0.2, -0.15) is 0 Å². The van der Waals surface area contributed by atoms with Gasteiger partial charge in [0.25, 0.3) is 0 Å². The van der Waals surface area contributed by atoms with Crippen LogP contribution in [0.1, 0.15) is 36.1 Å². The largest absolute Gasteiger partial charge is 0.493 e. The van der Waals surface area contributed by atoms with Crippen molar-refractivity contribution in [2.24, 2.45) is 12.8 Å². The molecule has 0 amide bonds. The molecule has 0 saturated heterocycles. The van der Waals surface area contributed by atoms with E-state index >= 15 is 0 Å². The monoisotopic (exact) mass is 257 g/mol. The lowest BCUT2D eigenvalue weighted by Crippen LogP contribution is -2.20. The second-order valence-corrected chi connectivity index (χ2v) is 5.18. The summed E-state index contributed by atoms with van der Waals surface area (Å²) in [7, 11) is 1.97. The van der Waals surface area contributed by atoms with Gasteiger partial charge < -0.3 is 15.0 Å². The molecule has 1 aromatic carbocycles. The lowest BCUT2D eigenvalue weighted by Gasteiger charge is -2.27. The number of para-hydroxylation sites is 1. The Morgan fingerprint density at radius 1 is 1.47 bits per heavy atom. The molecule has 2 heterocycles. The molecule has 1 aliphatic rings. The van der Waals surface area contributed by atoms with Crippen LogP contribution in [0.3, 0.4) is 0 Å². The average Bonchev–Trinajstić information content (AvgIpc) is 2.86. The number of hydrogen-bond acceptors (Lipinski definition) is 3. The van der Waals surface area contributed by atoms with E-state index in [4.69, 9.17) is 10.5 Å². The van der Waals surface area contributed by atoms with Crippen molar-refractivity contribution in [3.05, 3.63) is 48.0 Å². The van der Waals surface area contributed by atoms with E-state index in [0.717, 1.165) is 30.9 Å². The third kappa shape index (κ3) is 2.49. The van der Waals surface area contributed by atoms with E-state index in [-0.39, 0.29) is 6.04 Å². The SMILES string of the molecule is Cn1cnc(C(N)CC2CCOc3ccccc32)c1. The molecule has 1 aromatic heterocycles. The number of aryl methyl sites for hydroxylation is 1. The zero-order valence-electron chi connectivity index (χ0n) is 11.1. The minimum Gasteiger partial charge on any atom is -0.493 e. The quantitative estimate of drug-likeness (QED) is 0.918. The van der Waals surface area contributed by atoms with Crippen molar-refractivity contribution in [1.29, 1.82) is 0 Å². The van der Waals surface area contributed by atoms with Crippen LogP contribution in [-0.2, 0) is 7.05 Å². The Labute approximate surface area is 113 Å². The minimum atomic E-state index is -0.0163. The molecule has 0 radical (unpaired) electrons. The van der Waals surface area contributed by atoms with Crippen LogP contribution in [0, 0.1) is 0 Å². The van der Waals surface area contributed by atoms with Crippen molar-refractivity contribution in [3.8, 4) is 5.75 Å². The van der Waals surface area contributed by atoms with Crippen LogP contribution in [0.4, 0.5) is 0 Å². The van der Waals surface area contributed by atoms with Crippen LogP contribution in [0.5, 0.6) is 5.75 Å². The summed E-state index contributed by atoms with van der Waals surface area (Å²) in [6.07, 6.45) is 5.73. The van der Waals surface area contributed by atoms with Gasteiger partial charge in [0.05, 0.1) is 18.6 Å². The maximum absolute atomic E-state index is 6.28. The third-order valence-corrected chi connectivity index (χ3v) is 3.73. The zero-order valence-corrected chi connectivity index (χ0v) is 11.1. The predicted molar refractivity (Wildman–Crippen MR) is 74.0 cm³/mol. The molecule has 2 N–H and O–H groups in total.